The van der Waals surface area contributed by atoms with E-state index in [1.54, 1.807) is 0 Å². The highest BCUT2D eigenvalue weighted by atomic mass is 15.2. The standard InChI is InChI=1S/C14H27N3/c1-10(2)17-14(15-3)16-7-6-13-9-11-4-5-12(13)8-11/h10-13H,4-9H2,1-3H3,(H2,15,16,17). The summed E-state index contributed by atoms with van der Waals surface area (Å²) in [5.74, 6) is 4.04. The van der Waals surface area contributed by atoms with E-state index in [1.807, 2.05) is 7.05 Å². The maximum atomic E-state index is 4.23. The minimum absolute atomic E-state index is 0.448. The van der Waals surface area contributed by atoms with Crippen LogP contribution >= 0.6 is 0 Å². The van der Waals surface area contributed by atoms with Crippen molar-refractivity contribution in [1.29, 1.82) is 0 Å². The first-order valence-electron chi connectivity index (χ1n) is 7.16. The molecule has 3 nitrogen and oxygen atoms in total. The van der Waals surface area contributed by atoms with Gasteiger partial charge in [-0.1, -0.05) is 6.42 Å². The van der Waals surface area contributed by atoms with Gasteiger partial charge in [0.15, 0.2) is 5.96 Å². The van der Waals surface area contributed by atoms with Crippen molar-refractivity contribution in [2.45, 2.75) is 52.0 Å². The molecule has 0 aromatic heterocycles. The van der Waals surface area contributed by atoms with Crippen molar-refractivity contribution < 1.29 is 0 Å². The highest BCUT2D eigenvalue weighted by molar-refractivity contribution is 5.79. The molecule has 3 atom stereocenters. The number of nitrogens with one attached hydrogen (secondary N) is 2. The number of nitrogens with zero attached hydrogens (tertiary/aromatic N) is 1. The van der Waals surface area contributed by atoms with Crippen molar-refractivity contribution >= 4 is 5.96 Å². The largest absolute Gasteiger partial charge is 0.356 e. The van der Waals surface area contributed by atoms with Crippen LogP contribution in [-0.2, 0) is 0 Å². The smallest absolute Gasteiger partial charge is 0.191 e. The van der Waals surface area contributed by atoms with Gasteiger partial charge in [0.05, 0.1) is 0 Å². The molecule has 98 valence electrons. The van der Waals surface area contributed by atoms with Crippen molar-refractivity contribution in [2.75, 3.05) is 13.6 Å². The molecule has 2 bridgehead atoms. The zero-order valence-electron chi connectivity index (χ0n) is 11.5. The predicted molar refractivity (Wildman–Crippen MR) is 73.2 cm³/mol. The zero-order valence-corrected chi connectivity index (χ0v) is 11.5. The summed E-state index contributed by atoms with van der Waals surface area (Å²) >= 11 is 0. The number of fused-ring (bicyclic) bond motifs is 2. The van der Waals surface area contributed by atoms with Crippen LogP contribution in [0, 0.1) is 17.8 Å². The van der Waals surface area contributed by atoms with Crippen molar-refractivity contribution in [3.8, 4) is 0 Å². The van der Waals surface area contributed by atoms with Crippen molar-refractivity contribution in [2.24, 2.45) is 22.7 Å². The lowest BCUT2D eigenvalue weighted by atomic mass is 9.86. The lowest BCUT2D eigenvalue weighted by Gasteiger charge is -2.22. The molecule has 2 rings (SSSR count). The molecular weight excluding hydrogens is 210 g/mol. The van der Waals surface area contributed by atoms with Gasteiger partial charge in [-0.05, 0) is 57.3 Å². The summed E-state index contributed by atoms with van der Waals surface area (Å²) in [6, 6.07) is 0.448. The number of rotatable bonds is 4. The second kappa shape index (κ2) is 5.74. The van der Waals surface area contributed by atoms with E-state index in [0.717, 1.165) is 30.3 Å². The molecule has 2 fully saturated rings. The van der Waals surface area contributed by atoms with Gasteiger partial charge in [-0.15, -0.1) is 0 Å². The fourth-order valence-corrected chi connectivity index (χ4v) is 3.57. The van der Waals surface area contributed by atoms with E-state index in [1.165, 1.54) is 32.1 Å². The average molecular weight is 237 g/mol. The first kappa shape index (κ1) is 12.7. The molecule has 2 aliphatic rings. The van der Waals surface area contributed by atoms with Gasteiger partial charge in [0.2, 0.25) is 0 Å². The van der Waals surface area contributed by atoms with E-state index in [0.29, 0.717) is 6.04 Å². The van der Waals surface area contributed by atoms with Crippen LogP contribution in [0.2, 0.25) is 0 Å². The van der Waals surface area contributed by atoms with Crippen LogP contribution in [0.5, 0.6) is 0 Å². The van der Waals surface area contributed by atoms with Crippen LogP contribution in [0.25, 0.3) is 0 Å². The van der Waals surface area contributed by atoms with Crippen LogP contribution in [-0.4, -0.2) is 25.6 Å². The van der Waals surface area contributed by atoms with Gasteiger partial charge in [0.25, 0.3) is 0 Å². The molecule has 3 unspecified atom stereocenters. The molecule has 17 heavy (non-hydrogen) atoms. The van der Waals surface area contributed by atoms with Crippen LogP contribution < -0.4 is 10.6 Å². The Kier molecular flexibility index (Phi) is 4.30. The molecule has 0 aliphatic heterocycles. The van der Waals surface area contributed by atoms with E-state index in [4.69, 9.17) is 0 Å². The molecule has 0 amide bonds. The van der Waals surface area contributed by atoms with Gasteiger partial charge in [-0.2, -0.15) is 0 Å². The van der Waals surface area contributed by atoms with Crippen LogP contribution in [0.15, 0.2) is 4.99 Å². The molecule has 0 radical (unpaired) electrons. The molecule has 0 heterocycles. The Morgan fingerprint density at radius 3 is 2.65 bits per heavy atom. The lowest BCUT2D eigenvalue weighted by Crippen LogP contribution is -2.41. The Labute approximate surface area is 105 Å². The fraction of sp³-hybridized carbons (Fsp3) is 0.929. The molecular formula is C14H27N3. The molecule has 2 N–H and O–H groups in total. The first-order valence-corrected chi connectivity index (χ1v) is 7.16. The van der Waals surface area contributed by atoms with Gasteiger partial charge in [-0.3, -0.25) is 4.99 Å². The van der Waals surface area contributed by atoms with E-state index < -0.39 is 0 Å². The van der Waals surface area contributed by atoms with Crippen molar-refractivity contribution in [1.82, 2.24) is 10.6 Å². The summed E-state index contributed by atoms with van der Waals surface area (Å²) < 4.78 is 0. The summed E-state index contributed by atoms with van der Waals surface area (Å²) in [7, 11) is 1.84. The Hall–Kier alpha value is -0.730. The quantitative estimate of drug-likeness (QED) is 0.582. The number of hydrogen-bond donors (Lipinski definition) is 2. The zero-order chi connectivity index (χ0) is 12.3. The Bertz CT molecular complexity index is 273. The molecule has 3 heteroatoms. The van der Waals surface area contributed by atoms with E-state index >= 15 is 0 Å². The van der Waals surface area contributed by atoms with Crippen LogP contribution in [0.1, 0.15) is 46.0 Å². The normalized spacial score (nSPS) is 32.2. The third-order valence-corrected chi connectivity index (χ3v) is 4.34. The summed E-state index contributed by atoms with van der Waals surface area (Å²) in [4.78, 5) is 4.23. The third-order valence-electron chi connectivity index (χ3n) is 4.34. The molecule has 0 saturated heterocycles. The maximum absolute atomic E-state index is 4.23. The molecule has 2 aliphatic carbocycles. The Morgan fingerprint density at radius 2 is 2.12 bits per heavy atom. The summed E-state index contributed by atoms with van der Waals surface area (Å²) in [5, 5.41) is 6.75. The fourth-order valence-electron chi connectivity index (χ4n) is 3.57. The number of hydrogen-bond acceptors (Lipinski definition) is 1. The molecule has 0 spiro atoms. The van der Waals surface area contributed by atoms with Gasteiger partial charge >= 0.3 is 0 Å². The van der Waals surface area contributed by atoms with Gasteiger partial charge in [0.1, 0.15) is 0 Å². The van der Waals surface area contributed by atoms with Gasteiger partial charge in [-0.25, -0.2) is 0 Å². The first-order chi connectivity index (χ1) is 8.19. The van der Waals surface area contributed by atoms with E-state index in [9.17, 15) is 0 Å². The average Bonchev–Trinajstić information content (AvgIpc) is 2.89. The molecule has 0 aromatic carbocycles. The second-order valence-electron chi connectivity index (χ2n) is 6.02. The topological polar surface area (TPSA) is 36.4 Å². The summed E-state index contributed by atoms with van der Waals surface area (Å²) in [6.45, 7) is 5.35. The lowest BCUT2D eigenvalue weighted by molar-refractivity contribution is 0.315. The maximum Gasteiger partial charge on any atom is 0.191 e. The minimum Gasteiger partial charge on any atom is -0.356 e. The number of aliphatic imine (C=N–C) groups is 1. The van der Waals surface area contributed by atoms with Gasteiger partial charge < -0.3 is 10.6 Å². The van der Waals surface area contributed by atoms with E-state index in [2.05, 4.69) is 29.5 Å². The van der Waals surface area contributed by atoms with Crippen LogP contribution in [0.3, 0.4) is 0 Å². The van der Waals surface area contributed by atoms with Crippen molar-refractivity contribution in [3.05, 3.63) is 0 Å². The number of guanidine groups is 1. The van der Waals surface area contributed by atoms with Gasteiger partial charge in [0, 0.05) is 19.6 Å². The summed E-state index contributed by atoms with van der Waals surface area (Å²) in [6.07, 6.45) is 7.33. The van der Waals surface area contributed by atoms with E-state index in [-0.39, 0.29) is 0 Å². The SMILES string of the molecule is CN=C(NCCC1CC2CCC1C2)NC(C)C. The highest BCUT2D eigenvalue weighted by Gasteiger charge is 2.38. The predicted octanol–water partition coefficient (Wildman–Crippen LogP) is 2.39. The minimum atomic E-state index is 0.448. The molecule has 0 aromatic rings. The Balaban J connectivity index is 1.65. The third kappa shape index (κ3) is 3.36. The van der Waals surface area contributed by atoms with Crippen LogP contribution in [0.4, 0.5) is 0 Å². The second-order valence-corrected chi connectivity index (χ2v) is 6.02. The Morgan fingerprint density at radius 1 is 1.29 bits per heavy atom. The van der Waals surface area contributed by atoms with Crippen molar-refractivity contribution in [3.63, 3.8) is 0 Å². The molecule has 2 saturated carbocycles. The monoisotopic (exact) mass is 237 g/mol. The highest BCUT2D eigenvalue weighted by Crippen LogP contribution is 2.49. The summed E-state index contributed by atoms with van der Waals surface area (Å²) in [5.41, 5.74) is 0.